The third kappa shape index (κ3) is 0.673. The molecule has 1 rings (SSSR count). The smallest absolute Gasteiger partial charge is 0.338 e. The fourth-order valence-corrected chi connectivity index (χ4v) is 0.338. The van der Waals surface area contributed by atoms with Crippen LogP contribution in [-0.2, 0) is 0 Å². The minimum atomic E-state index is -0.598. The fraction of sp³-hybridized carbons (Fsp3) is 0.500. The predicted octanol–water partition coefficient (Wildman–Crippen LogP) is -0.790. The molecule has 0 saturated carbocycles. The summed E-state index contributed by atoms with van der Waals surface area (Å²) in [7, 11) is 0. The molecule has 0 aromatic heterocycles. The van der Waals surface area contributed by atoms with Crippen LogP contribution in [0.3, 0.4) is 0 Å². The molecule has 8 heavy (non-hydrogen) atoms. The van der Waals surface area contributed by atoms with Crippen LogP contribution in [0.4, 0.5) is 4.79 Å². The highest BCUT2D eigenvalue weighted by Crippen LogP contribution is 1.92. The number of carbonyl (C=O) groups excluding carboxylic acids is 1. The summed E-state index contributed by atoms with van der Waals surface area (Å²) in [5.74, 6) is 0. The van der Waals surface area contributed by atoms with Crippen molar-refractivity contribution in [2.45, 2.75) is 0 Å². The number of urea groups is 1. The molecule has 44 valence electrons. The molecule has 1 heterocycles. The second-order valence-electron chi connectivity index (χ2n) is 1.24. The summed E-state index contributed by atoms with van der Waals surface area (Å²) in [5.41, 5.74) is 7.23. The Labute approximate surface area is 45.3 Å². The van der Waals surface area contributed by atoms with Crippen LogP contribution in [0.5, 0.6) is 0 Å². The molecule has 0 aromatic carbocycles. The first-order valence-electron chi connectivity index (χ1n) is 2.01. The highest BCUT2D eigenvalue weighted by atomic mass is 16.2. The van der Waals surface area contributed by atoms with Crippen LogP contribution in [0.2, 0.25) is 0 Å². The van der Waals surface area contributed by atoms with Crippen molar-refractivity contribution in [1.29, 1.82) is 0 Å². The normalized spacial score (nSPS) is 16.2. The van der Waals surface area contributed by atoms with Crippen LogP contribution in [0.1, 0.15) is 0 Å². The lowest BCUT2D eigenvalue weighted by Gasteiger charge is -2.01. The maximum atomic E-state index is 10.2. The van der Waals surface area contributed by atoms with Gasteiger partial charge in [-0.05, 0) is 5.22 Å². The van der Waals surface area contributed by atoms with E-state index in [1.807, 2.05) is 0 Å². The molecular weight excluding hydrogens is 110 g/mol. The number of nitrogens with two attached hydrogens (primary N) is 1. The van der Waals surface area contributed by atoms with Crippen LogP contribution < -0.4 is 11.2 Å². The molecule has 1 aliphatic rings. The summed E-state index contributed by atoms with van der Waals surface area (Å²) in [6.45, 7) is 0.273. The zero-order valence-electron chi connectivity index (χ0n) is 4.03. The molecule has 0 spiro atoms. The molecule has 2 amide bonds. The maximum absolute atomic E-state index is 10.2. The van der Waals surface area contributed by atoms with Crippen molar-refractivity contribution in [3.8, 4) is 0 Å². The summed E-state index contributed by atoms with van der Waals surface area (Å²) in [4.78, 5) is 10.2. The van der Waals surface area contributed by atoms with Crippen molar-refractivity contribution in [2.24, 2.45) is 16.2 Å². The summed E-state index contributed by atoms with van der Waals surface area (Å²) in [6, 6.07) is -0.598. The topological polar surface area (TPSA) is 83.1 Å². The molecule has 0 radical (unpaired) electrons. The molecule has 6 nitrogen and oxygen atoms in total. The number of primary amides is 1. The van der Waals surface area contributed by atoms with Crippen molar-refractivity contribution < 1.29 is 4.79 Å². The minimum Gasteiger partial charge on any atom is -0.350 e. The number of amides is 2. The van der Waals surface area contributed by atoms with Gasteiger partial charge in [0.2, 0.25) is 0 Å². The van der Waals surface area contributed by atoms with Crippen molar-refractivity contribution in [3.63, 3.8) is 0 Å². The molecule has 0 unspecified atom stereocenters. The summed E-state index contributed by atoms with van der Waals surface area (Å²) in [6.07, 6.45) is 0. The molecule has 0 atom stereocenters. The van der Waals surface area contributed by atoms with E-state index < -0.39 is 6.03 Å². The van der Waals surface area contributed by atoms with Gasteiger partial charge in [-0.1, -0.05) is 5.22 Å². The van der Waals surface area contributed by atoms with E-state index in [9.17, 15) is 4.79 Å². The van der Waals surface area contributed by atoms with E-state index in [0.717, 1.165) is 5.01 Å². The van der Waals surface area contributed by atoms with Crippen LogP contribution in [-0.4, -0.2) is 17.7 Å². The Balaban J connectivity index is 2.48. The van der Waals surface area contributed by atoms with E-state index in [-0.39, 0.29) is 6.67 Å². The number of hydrogen-bond acceptors (Lipinski definition) is 4. The quantitative estimate of drug-likeness (QED) is 0.433. The zero-order valence-corrected chi connectivity index (χ0v) is 4.03. The lowest BCUT2D eigenvalue weighted by molar-refractivity contribution is 0.213. The van der Waals surface area contributed by atoms with Gasteiger partial charge >= 0.3 is 6.03 Å². The first-order valence-corrected chi connectivity index (χ1v) is 2.01. The average molecular weight is 115 g/mol. The lowest BCUT2D eigenvalue weighted by atomic mass is 10.9. The SMILES string of the molecule is NC(=O)N1CNN=N1. The molecule has 6 heteroatoms. The van der Waals surface area contributed by atoms with Crippen LogP contribution in [0.15, 0.2) is 10.4 Å². The van der Waals surface area contributed by atoms with Gasteiger partial charge < -0.3 is 5.73 Å². The van der Waals surface area contributed by atoms with E-state index in [1.54, 1.807) is 0 Å². The van der Waals surface area contributed by atoms with Gasteiger partial charge in [-0.25, -0.2) is 4.79 Å². The van der Waals surface area contributed by atoms with E-state index in [0.29, 0.717) is 0 Å². The molecule has 3 N–H and O–H groups in total. The number of carbonyl (C=O) groups is 1. The summed E-state index contributed by atoms with van der Waals surface area (Å²) >= 11 is 0. The first kappa shape index (κ1) is 4.82. The van der Waals surface area contributed by atoms with Crippen LogP contribution in [0, 0.1) is 0 Å². The van der Waals surface area contributed by atoms with Crippen molar-refractivity contribution in [2.75, 3.05) is 6.67 Å². The van der Waals surface area contributed by atoms with Gasteiger partial charge in [-0.3, -0.25) is 5.43 Å². The van der Waals surface area contributed by atoms with Crippen molar-refractivity contribution >= 4 is 6.03 Å². The number of nitrogens with one attached hydrogen (secondary N) is 1. The Morgan fingerprint density at radius 1 is 1.88 bits per heavy atom. The van der Waals surface area contributed by atoms with Gasteiger partial charge in [0.25, 0.3) is 0 Å². The van der Waals surface area contributed by atoms with Gasteiger partial charge in [0, 0.05) is 0 Å². The monoisotopic (exact) mass is 115 g/mol. The largest absolute Gasteiger partial charge is 0.350 e. The Kier molecular flexibility index (Phi) is 0.991. The molecule has 1 aliphatic heterocycles. The fourth-order valence-electron chi connectivity index (χ4n) is 0.338. The first-order chi connectivity index (χ1) is 3.80. The van der Waals surface area contributed by atoms with Gasteiger partial charge in [0.05, 0.1) is 0 Å². The molecule has 0 bridgehead atoms. The highest BCUT2D eigenvalue weighted by Gasteiger charge is 2.10. The Hall–Kier alpha value is -1.33. The second kappa shape index (κ2) is 1.65. The minimum absolute atomic E-state index is 0.273. The standard InChI is InChI=1S/C2H5N5O/c3-2(8)7-1-4-5-6-7/h1H2,(H2,3,8)(H,4,6). The van der Waals surface area contributed by atoms with Gasteiger partial charge in [-0.2, -0.15) is 5.01 Å². The average Bonchev–Trinajstić information content (AvgIpc) is 2.12. The predicted molar refractivity (Wildman–Crippen MR) is 24.3 cm³/mol. The van der Waals surface area contributed by atoms with E-state index in [2.05, 4.69) is 15.9 Å². The lowest BCUT2D eigenvalue weighted by Crippen LogP contribution is -2.32. The Bertz CT molecular complexity index is 130. The molecular formula is C2H5N5O. The third-order valence-electron chi connectivity index (χ3n) is 0.698. The molecule has 0 aromatic rings. The second-order valence-corrected chi connectivity index (χ2v) is 1.24. The van der Waals surface area contributed by atoms with Gasteiger partial charge in [0.15, 0.2) is 0 Å². The van der Waals surface area contributed by atoms with Gasteiger partial charge in [-0.15, -0.1) is 0 Å². The summed E-state index contributed by atoms with van der Waals surface area (Å²) in [5, 5.41) is 7.61. The van der Waals surface area contributed by atoms with Crippen molar-refractivity contribution in [3.05, 3.63) is 0 Å². The van der Waals surface area contributed by atoms with Gasteiger partial charge in [0.1, 0.15) is 6.67 Å². The van der Waals surface area contributed by atoms with E-state index in [4.69, 9.17) is 5.73 Å². The Morgan fingerprint density at radius 2 is 2.62 bits per heavy atom. The number of nitrogens with zero attached hydrogens (tertiary/aromatic N) is 3. The highest BCUT2D eigenvalue weighted by molar-refractivity contribution is 5.71. The van der Waals surface area contributed by atoms with Crippen molar-refractivity contribution in [1.82, 2.24) is 10.4 Å². The molecule has 0 fully saturated rings. The Morgan fingerprint density at radius 3 is 2.88 bits per heavy atom. The number of hydrogen-bond donors (Lipinski definition) is 2. The maximum Gasteiger partial charge on any atom is 0.338 e. The van der Waals surface area contributed by atoms with Crippen LogP contribution >= 0.6 is 0 Å². The third-order valence-corrected chi connectivity index (χ3v) is 0.698. The molecule has 0 aliphatic carbocycles. The van der Waals surface area contributed by atoms with E-state index >= 15 is 0 Å². The zero-order chi connectivity index (χ0) is 5.98. The molecule has 0 saturated heterocycles. The van der Waals surface area contributed by atoms with Crippen LogP contribution in [0.25, 0.3) is 0 Å². The summed E-state index contributed by atoms with van der Waals surface area (Å²) < 4.78 is 0. The number of rotatable bonds is 0. The van der Waals surface area contributed by atoms with E-state index in [1.165, 1.54) is 0 Å².